The van der Waals surface area contributed by atoms with Crippen LogP contribution in [-0.2, 0) is 63.2 Å². The third-order valence-electron chi connectivity index (χ3n) is 8.67. The van der Waals surface area contributed by atoms with E-state index in [1.807, 2.05) is 65.8 Å². The van der Waals surface area contributed by atoms with E-state index >= 15 is 0 Å². The molecule has 2 rings (SSSR count). The van der Waals surface area contributed by atoms with Crippen molar-refractivity contribution in [1.82, 2.24) is 4.90 Å². The highest BCUT2D eigenvalue weighted by Gasteiger charge is 2.27. The first-order valence-corrected chi connectivity index (χ1v) is 17.4. The second-order valence-electron chi connectivity index (χ2n) is 17.2. The maximum atomic E-state index is 12.7. The maximum absolute atomic E-state index is 12.7. The fourth-order valence-corrected chi connectivity index (χ4v) is 5.41. The Hall–Kier alpha value is -4.08. The molecule has 4 N–H and O–H groups in total. The van der Waals surface area contributed by atoms with Gasteiger partial charge in [-0.25, -0.2) is 0 Å². The summed E-state index contributed by atoms with van der Waals surface area (Å²) in [4.78, 5) is 50.5. The van der Waals surface area contributed by atoms with Crippen LogP contribution >= 0.6 is 0 Å². The lowest BCUT2D eigenvalue weighted by atomic mass is 9.78. The third-order valence-corrected chi connectivity index (χ3v) is 8.67. The molecule has 0 bridgehead atoms. The molecule has 10 nitrogen and oxygen atoms in total. The number of rotatable bonds is 12. The van der Waals surface area contributed by atoms with Gasteiger partial charge in [-0.2, -0.15) is 0 Å². The summed E-state index contributed by atoms with van der Waals surface area (Å²) in [5, 5.41) is 22.0. The van der Waals surface area contributed by atoms with E-state index in [9.17, 15) is 29.4 Å². The zero-order chi connectivity index (χ0) is 38.4. The first kappa shape index (κ1) is 42.1. The minimum absolute atomic E-state index is 0.00240. The van der Waals surface area contributed by atoms with Crippen molar-refractivity contribution in [3.63, 3.8) is 0 Å². The molecule has 0 radical (unpaired) electrons. The number of benzene rings is 2. The molecule has 2 aromatic rings. The molecular formula is C40H60N2O8. The first-order valence-electron chi connectivity index (χ1n) is 17.4. The van der Waals surface area contributed by atoms with Crippen molar-refractivity contribution in [2.75, 3.05) is 26.3 Å². The Kier molecular flexibility index (Phi) is 13.7. The highest BCUT2D eigenvalue weighted by molar-refractivity contribution is 6.34. The van der Waals surface area contributed by atoms with E-state index in [2.05, 4.69) is 41.5 Å². The second-order valence-corrected chi connectivity index (χ2v) is 17.2. The summed E-state index contributed by atoms with van der Waals surface area (Å²) in [6.07, 6.45) is 0.510. The monoisotopic (exact) mass is 696 g/mol. The van der Waals surface area contributed by atoms with Gasteiger partial charge in [0.05, 0.1) is 13.1 Å². The van der Waals surface area contributed by atoms with Gasteiger partial charge in [0.25, 0.3) is 0 Å². The molecule has 0 atom stereocenters. The van der Waals surface area contributed by atoms with Crippen LogP contribution in [0.5, 0.6) is 11.5 Å². The van der Waals surface area contributed by atoms with Gasteiger partial charge in [0.2, 0.25) is 0 Å². The Morgan fingerprint density at radius 1 is 0.600 bits per heavy atom. The van der Waals surface area contributed by atoms with Crippen LogP contribution < -0.4 is 5.73 Å². The van der Waals surface area contributed by atoms with Crippen LogP contribution in [-0.4, -0.2) is 65.2 Å². The standard InChI is InChI=1S/C40H60N2O8/c1-37(2,3)27-21-25(33(45)29(23-27)39(7,8)9)13-15-31(43)49-19-17-42(36(48)35(41)47)18-20-50-32(44)16-14-26-22-28(38(4,5)6)24-30(34(26)46)40(10,11)12/h21-24,45-46H,13-20H2,1-12H3,(H2,41,47). The lowest BCUT2D eigenvalue weighted by Gasteiger charge is -2.27. The van der Waals surface area contributed by atoms with Crippen molar-refractivity contribution in [1.29, 1.82) is 0 Å². The Morgan fingerprint density at radius 2 is 0.940 bits per heavy atom. The summed E-state index contributed by atoms with van der Waals surface area (Å²) in [5.74, 6) is -2.92. The van der Waals surface area contributed by atoms with E-state index in [0.717, 1.165) is 27.2 Å². The van der Waals surface area contributed by atoms with Gasteiger partial charge in [-0.1, -0.05) is 107 Å². The van der Waals surface area contributed by atoms with Crippen molar-refractivity contribution in [3.05, 3.63) is 57.6 Å². The highest BCUT2D eigenvalue weighted by Crippen LogP contribution is 2.39. The predicted octanol–water partition coefficient (Wildman–Crippen LogP) is 6.25. The average Bonchev–Trinajstić information content (AvgIpc) is 2.96. The smallest absolute Gasteiger partial charge is 0.311 e. The number of carbonyl (C=O) groups is 4. The minimum Gasteiger partial charge on any atom is -0.507 e. The Balaban J connectivity index is 1.99. The summed E-state index contributed by atoms with van der Waals surface area (Å²) in [7, 11) is 0. The lowest BCUT2D eigenvalue weighted by molar-refractivity contribution is -0.150. The van der Waals surface area contributed by atoms with Gasteiger partial charge in [0.1, 0.15) is 24.7 Å². The van der Waals surface area contributed by atoms with Gasteiger partial charge < -0.3 is 30.3 Å². The number of nitrogens with zero attached hydrogens (tertiary/aromatic N) is 1. The molecule has 50 heavy (non-hydrogen) atoms. The SMILES string of the molecule is CC(C)(C)c1cc(CCC(=O)OCCN(CCOC(=O)CCc2cc(C(C)(C)C)cc(C(C)(C)C)c2O)C(=O)C(N)=O)c(O)c(C(C)(C)C)c1. The van der Waals surface area contributed by atoms with E-state index in [-0.39, 0.29) is 85.1 Å². The highest BCUT2D eigenvalue weighted by atomic mass is 16.5. The second kappa shape index (κ2) is 16.3. The van der Waals surface area contributed by atoms with Crippen LogP contribution in [0.2, 0.25) is 0 Å². The normalized spacial score (nSPS) is 12.4. The number of hydrogen-bond donors (Lipinski definition) is 3. The first-order chi connectivity index (χ1) is 22.7. The number of phenols is 2. The molecule has 0 aliphatic carbocycles. The van der Waals surface area contributed by atoms with Crippen LogP contribution in [0.4, 0.5) is 0 Å². The fraction of sp³-hybridized carbons (Fsp3) is 0.600. The molecule has 0 aliphatic heterocycles. The van der Waals surface area contributed by atoms with Crippen LogP contribution in [0.3, 0.4) is 0 Å². The van der Waals surface area contributed by atoms with Crippen molar-refractivity contribution in [2.24, 2.45) is 5.73 Å². The number of amides is 2. The number of aromatic hydroxyl groups is 2. The number of nitrogens with two attached hydrogens (primary N) is 1. The molecule has 0 heterocycles. The molecule has 2 amide bonds. The number of ether oxygens (including phenoxy) is 2. The van der Waals surface area contributed by atoms with E-state index in [4.69, 9.17) is 15.2 Å². The largest absolute Gasteiger partial charge is 0.507 e. The van der Waals surface area contributed by atoms with Crippen LogP contribution in [0, 0.1) is 0 Å². The predicted molar refractivity (Wildman–Crippen MR) is 195 cm³/mol. The number of phenolic OH excluding ortho intramolecular Hbond substituents is 2. The molecule has 10 heteroatoms. The summed E-state index contributed by atoms with van der Waals surface area (Å²) >= 11 is 0. The summed E-state index contributed by atoms with van der Waals surface area (Å²) in [6.45, 7) is 24.0. The number of primary amides is 1. The number of esters is 2. The lowest BCUT2D eigenvalue weighted by Crippen LogP contribution is -2.44. The molecule has 0 saturated heterocycles. The minimum atomic E-state index is -1.18. The van der Waals surface area contributed by atoms with Gasteiger partial charge in [-0.15, -0.1) is 0 Å². The topological polar surface area (TPSA) is 156 Å². The Morgan fingerprint density at radius 3 is 1.22 bits per heavy atom. The van der Waals surface area contributed by atoms with Crippen molar-refractivity contribution >= 4 is 23.8 Å². The maximum Gasteiger partial charge on any atom is 0.311 e. The number of aryl methyl sites for hydroxylation is 2. The molecule has 0 aliphatic rings. The average molecular weight is 697 g/mol. The Bertz CT molecular complexity index is 1450. The molecule has 0 spiro atoms. The molecule has 0 aromatic heterocycles. The van der Waals surface area contributed by atoms with Crippen molar-refractivity contribution < 1.29 is 38.9 Å². The molecule has 0 unspecified atom stereocenters. The van der Waals surface area contributed by atoms with Crippen molar-refractivity contribution in [3.8, 4) is 11.5 Å². The van der Waals surface area contributed by atoms with Gasteiger partial charge in [-0.3, -0.25) is 19.2 Å². The van der Waals surface area contributed by atoms with Gasteiger partial charge in [0, 0.05) is 12.8 Å². The van der Waals surface area contributed by atoms with Gasteiger partial charge in [-0.05, 0) is 67.9 Å². The van der Waals surface area contributed by atoms with Crippen LogP contribution in [0.15, 0.2) is 24.3 Å². The van der Waals surface area contributed by atoms with E-state index < -0.39 is 23.8 Å². The Labute approximate surface area is 298 Å². The van der Waals surface area contributed by atoms with Gasteiger partial charge >= 0.3 is 23.8 Å². The van der Waals surface area contributed by atoms with E-state index in [1.54, 1.807) is 0 Å². The van der Waals surface area contributed by atoms with E-state index in [1.165, 1.54) is 0 Å². The number of carbonyl (C=O) groups excluding carboxylic acids is 4. The summed E-state index contributed by atoms with van der Waals surface area (Å²) in [5.41, 5.74) is 9.31. The number of hydrogen-bond acceptors (Lipinski definition) is 8. The fourth-order valence-electron chi connectivity index (χ4n) is 5.41. The quantitative estimate of drug-likeness (QED) is 0.174. The van der Waals surface area contributed by atoms with Crippen LogP contribution in [0.1, 0.15) is 129 Å². The summed E-state index contributed by atoms with van der Waals surface area (Å²) in [6, 6.07) is 7.86. The zero-order valence-corrected chi connectivity index (χ0v) is 32.3. The molecular weight excluding hydrogens is 636 g/mol. The van der Waals surface area contributed by atoms with Crippen molar-refractivity contribution in [2.45, 2.75) is 130 Å². The molecule has 0 saturated carbocycles. The molecule has 0 fully saturated rings. The molecule has 2 aromatic carbocycles. The third kappa shape index (κ3) is 12.1. The van der Waals surface area contributed by atoms with Crippen LogP contribution in [0.25, 0.3) is 0 Å². The molecule has 278 valence electrons. The zero-order valence-electron chi connectivity index (χ0n) is 32.3. The van der Waals surface area contributed by atoms with E-state index in [0.29, 0.717) is 11.1 Å². The van der Waals surface area contributed by atoms with Gasteiger partial charge in [0.15, 0.2) is 0 Å². The summed E-state index contributed by atoms with van der Waals surface area (Å²) < 4.78 is 10.7.